The van der Waals surface area contributed by atoms with E-state index in [0.717, 1.165) is 11.4 Å². The van der Waals surface area contributed by atoms with E-state index in [0.29, 0.717) is 28.8 Å². The number of rotatable bonds is 6. The molecule has 1 atom stereocenters. The van der Waals surface area contributed by atoms with E-state index in [1.165, 1.54) is 16.2 Å². The number of aromatic nitrogens is 4. The lowest BCUT2D eigenvalue weighted by atomic mass is 10.1. The minimum absolute atomic E-state index is 0.115. The highest BCUT2D eigenvalue weighted by Gasteiger charge is 2.36. The fourth-order valence-electron chi connectivity index (χ4n) is 2.91. The molecule has 0 spiro atoms. The van der Waals surface area contributed by atoms with Crippen molar-refractivity contribution in [2.75, 3.05) is 11.4 Å². The summed E-state index contributed by atoms with van der Waals surface area (Å²) in [6, 6.07) is 7.25. The molecule has 1 fully saturated rings. The molecule has 0 aliphatic carbocycles. The zero-order valence-electron chi connectivity index (χ0n) is 15.2. The topological polar surface area (TPSA) is 114 Å². The summed E-state index contributed by atoms with van der Waals surface area (Å²) in [6.07, 6.45) is 2.60. The van der Waals surface area contributed by atoms with Crippen molar-refractivity contribution in [2.24, 2.45) is 5.92 Å². The van der Waals surface area contributed by atoms with Crippen LogP contribution in [0.25, 0.3) is 11.4 Å². The van der Waals surface area contributed by atoms with Crippen LogP contribution >= 0.6 is 11.3 Å². The Morgan fingerprint density at radius 2 is 2.25 bits per heavy atom. The Bertz CT molecular complexity index is 986. The molecule has 9 nitrogen and oxygen atoms in total. The largest absolute Gasteiger partial charge is 0.359 e. The monoisotopic (exact) mass is 398 g/mol. The first-order valence-corrected chi connectivity index (χ1v) is 9.73. The quantitative estimate of drug-likeness (QED) is 0.673. The number of carbonyl (C=O) groups is 2. The second kappa shape index (κ2) is 7.85. The van der Waals surface area contributed by atoms with Crippen molar-refractivity contribution in [3.63, 3.8) is 0 Å². The number of pyridine rings is 1. The van der Waals surface area contributed by atoms with Gasteiger partial charge in [0.1, 0.15) is 10.7 Å². The molecule has 4 rings (SSSR count). The summed E-state index contributed by atoms with van der Waals surface area (Å²) in [5.41, 5.74) is 1.31. The Hall–Kier alpha value is -3.14. The minimum atomic E-state index is -0.431. The van der Waals surface area contributed by atoms with E-state index in [9.17, 15) is 9.59 Å². The molecular formula is C18H18N6O3S. The Balaban J connectivity index is 1.34. The van der Waals surface area contributed by atoms with Crippen molar-refractivity contribution in [3.8, 4) is 11.4 Å². The Kier molecular flexibility index (Phi) is 5.11. The van der Waals surface area contributed by atoms with Gasteiger partial charge in [-0.05, 0) is 18.6 Å². The third-order valence-electron chi connectivity index (χ3n) is 4.41. The smallest absolute Gasteiger partial charge is 0.229 e. The number of nitrogens with one attached hydrogen (secondary N) is 1. The average molecular weight is 398 g/mol. The van der Waals surface area contributed by atoms with Gasteiger partial charge in [0.15, 0.2) is 5.76 Å². The first kappa shape index (κ1) is 18.2. The van der Waals surface area contributed by atoms with Crippen molar-refractivity contribution in [2.45, 2.75) is 26.3 Å². The highest BCUT2D eigenvalue weighted by atomic mass is 32.1. The van der Waals surface area contributed by atoms with Gasteiger partial charge in [-0.1, -0.05) is 29.5 Å². The first-order chi connectivity index (χ1) is 13.6. The fraction of sp³-hybridized carbons (Fsp3) is 0.333. The number of amides is 2. The van der Waals surface area contributed by atoms with Gasteiger partial charge in [0.2, 0.25) is 16.9 Å². The number of anilines is 1. The predicted octanol–water partition coefficient (Wildman–Crippen LogP) is 1.82. The number of aryl methyl sites for hydroxylation is 1. The maximum Gasteiger partial charge on any atom is 0.229 e. The summed E-state index contributed by atoms with van der Waals surface area (Å²) < 4.78 is 5.26. The lowest BCUT2D eigenvalue weighted by Crippen LogP contribution is -2.32. The summed E-state index contributed by atoms with van der Waals surface area (Å²) in [4.78, 5) is 30.5. The Morgan fingerprint density at radius 3 is 3.00 bits per heavy atom. The van der Waals surface area contributed by atoms with E-state index in [2.05, 4.69) is 25.7 Å². The molecule has 0 bridgehead atoms. The maximum absolute atomic E-state index is 12.5. The molecule has 144 valence electrons. The summed E-state index contributed by atoms with van der Waals surface area (Å²) in [5.74, 6) is -0.227. The highest BCUT2D eigenvalue weighted by molar-refractivity contribution is 7.15. The van der Waals surface area contributed by atoms with Gasteiger partial charge < -0.3 is 9.84 Å². The van der Waals surface area contributed by atoms with Gasteiger partial charge in [0, 0.05) is 25.2 Å². The first-order valence-electron chi connectivity index (χ1n) is 8.91. The summed E-state index contributed by atoms with van der Waals surface area (Å²) in [7, 11) is 0. The maximum atomic E-state index is 12.5. The molecule has 1 saturated heterocycles. The normalized spacial score (nSPS) is 16.5. The van der Waals surface area contributed by atoms with Crippen LogP contribution in [-0.2, 0) is 22.6 Å². The highest BCUT2D eigenvalue weighted by Crippen LogP contribution is 2.28. The molecule has 1 N–H and O–H groups in total. The molecule has 1 aliphatic rings. The van der Waals surface area contributed by atoms with E-state index in [-0.39, 0.29) is 24.8 Å². The molecule has 0 radical (unpaired) electrons. The van der Waals surface area contributed by atoms with Crippen molar-refractivity contribution >= 4 is 28.3 Å². The Morgan fingerprint density at radius 1 is 1.36 bits per heavy atom. The number of hydrogen-bond acceptors (Lipinski definition) is 8. The van der Waals surface area contributed by atoms with Gasteiger partial charge >= 0.3 is 0 Å². The standard InChI is InChI=1S/C18H18N6O3S/c1-2-15-21-22-18(28-15)24-10-11(7-16(24)25)17(26)20-9-12-8-14(23-27-12)13-5-3-4-6-19-13/h3-6,8,11H,2,7,9-10H2,1H3,(H,20,26). The third kappa shape index (κ3) is 3.77. The number of carbonyl (C=O) groups excluding carboxylic acids is 2. The molecule has 4 heterocycles. The number of hydrogen-bond donors (Lipinski definition) is 1. The van der Waals surface area contributed by atoms with Gasteiger partial charge in [-0.25, -0.2) is 0 Å². The molecule has 0 aromatic carbocycles. The molecule has 0 saturated carbocycles. The van der Waals surface area contributed by atoms with E-state index < -0.39 is 5.92 Å². The van der Waals surface area contributed by atoms with Crippen LogP contribution in [0.2, 0.25) is 0 Å². The molecule has 1 aliphatic heterocycles. The lowest BCUT2D eigenvalue weighted by molar-refractivity contribution is -0.126. The molecule has 3 aromatic heterocycles. The van der Waals surface area contributed by atoms with E-state index in [1.807, 2.05) is 25.1 Å². The zero-order valence-corrected chi connectivity index (χ0v) is 16.0. The van der Waals surface area contributed by atoms with Crippen LogP contribution < -0.4 is 10.2 Å². The van der Waals surface area contributed by atoms with Gasteiger partial charge in [-0.2, -0.15) is 0 Å². The van der Waals surface area contributed by atoms with Crippen molar-refractivity contribution in [1.29, 1.82) is 0 Å². The van der Waals surface area contributed by atoms with Crippen LogP contribution in [0.15, 0.2) is 35.0 Å². The number of nitrogens with zero attached hydrogens (tertiary/aromatic N) is 5. The van der Waals surface area contributed by atoms with Crippen LogP contribution in [0.5, 0.6) is 0 Å². The van der Waals surface area contributed by atoms with Crippen molar-refractivity contribution < 1.29 is 14.1 Å². The van der Waals surface area contributed by atoms with Crippen LogP contribution in [-0.4, -0.2) is 38.7 Å². The van der Waals surface area contributed by atoms with E-state index in [4.69, 9.17) is 4.52 Å². The van der Waals surface area contributed by atoms with Crippen LogP contribution in [0.4, 0.5) is 5.13 Å². The lowest BCUT2D eigenvalue weighted by Gasteiger charge is -2.12. The minimum Gasteiger partial charge on any atom is -0.359 e. The SMILES string of the molecule is CCc1nnc(N2CC(C(=O)NCc3cc(-c4ccccn4)no3)CC2=O)s1. The van der Waals surface area contributed by atoms with E-state index in [1.54, 1.807) is 12.3 Å². The molecule has 1 unspecified atom stereocenters. The van der Waals surface area contributed by atoms with Crippen LogP contribution in [0, 0.1) is 5.92 Å². The van der Waals surface area contributed by atoms with Gasteiger partial charge in [0.05, 0.1) is 18.2 Å². The summed E-state index contributed by atoms with van der Waals surface area (Å²) in [6.45, 7) is 2.48. The van der Waals surface area contributed by atoms with Crippen LogP contribution in [0.3, 0.4) is 0 Å². The van der Waals surface area contributed by atoms with Crippen LogP contribution in [0.1, 0.15) is 24.1 Å². The molecule has 3 aromatic rings. The predicted molar refractivity (Wildman–Crippen MR) is 101 cm³/mol. The second-order valence-corrected chi connectivity index (χ2v) is 7.39. The van der Waals surface area contributed by atoms with Gasteiger partial charge in [0.25, 0.3) is 0 Å². The molecular weight excluding hydrogens is 380 g/mol. The van der Waals surface area contributed by atoms with E-state index >= 15 is 0 Å². The second-order valence-electron chi connectivity index (χ2n) is 6.35. The Labute approximate surface area is 164 Å². The molecule has 2 amide bonds. The molecule has 10 heteroatoms. The van der Waals surface area contributed by atoms with Crippen molar-refractivity contribution in [3.05, 3.63) is 41.2 Å². The average Bonchev–Trinajstić information content (AvgIpc) is 3.46. The van der Waals surface area contributed by atoms with Crippen molar-refractivity contribution in [1.82, 2.24) is 25.7 Å². The fourth-order valence-corrected chi connectivity index (χ4v) is 3.72. The third-order valence-corrected chi connectivity index (χ3v) is 5.50. The summed E-state index contributed by atoms with van der Waals surface area (Å²) in [5, 5.41) is 16.3. The van der Waals surface area contributed by atoms with Gasteiger partial charge in [-0.15, -0.1) is 10.2 Å². The summed E-state index contributed by atoms with van der Waals surface area (Å²) >= 11 is 1.38. The zero-order chi connectivity index (χ0) is 19.5. The van der Waals surface area contributed by atoms with Gasteiger partial charge in [-0.3, -0.25) is 19.5 Å². The molecule has 28 heavy (non-hydrogen) atoms.